The molecule has 1 amide bonds. The lowest BCUT2D eigenvalue weighted by atomic mass is 10.2. The van der Waals surface area contributed by atoms with Crippen LogP contribution >= 0.6 is 11.8 Å². The highest BCUT2D eigenvalue weighted by molar-refractivity contribution is 7.99. The van der Waals surface area contributed by atoms with Gasteiger partial charge in [-0.1, -0.05) is 0 Å². The fourth-order valence-corrected chi connectivity index (χ4v) is 2.40. The molecule has 2 N–H and O–H groups in total. The van der Waals surface area contributed by atoms with Crippen molar-refractivity contribution in [2.45, 2.75) is 19.4 Å². The summed E-state index contributed by atoms with van der Waals surface area (Å²) in [6.07, 6.45) is 0.582. The summed E-state index contributed by atoms with van der Waals surface area (Å²) in [7, 11) is 0. The monoisotopic (exact) mass is 232 g/mol. The Bertz CT molecular complexity index is 184. The molecule has 0 aromatic rings. The van der Waals surface area contributed by atoms with Crippen LogP contribution in [0.5, 0.6) is 0 Å². The first-order valence-electron chi connectivity index (χ1n) is 5.48. The lowest BCUT2D eigenvalue weighted by molar-refractivity contribution is -0.121. The minimum Gasteiger partial charge on any atom is -0.380 e. The third-order valence-corrected chi connectivity index (χ3v) is 3.33. The zero-order valence-corrected chi connectivity index (χ0v) is 10.1. The number of hydrogen-bond acceptors (Lipinski definition) is 4. The molecule has 1 atom stereocenters. The first-order valence-corrected chi connectivity index (χ1v) is 6.64. The van der Waals surface area contributed by atoms with E-state index in [2.05, 4.69) is 10.6 Å². The largest absolute Gasteiger partial charge is 0.380 e. The van der Waals surface area contributed by atoms with E-state index >= 15 is 0 Å². The van der Waals surface area contributed by atoms with Gasteiger partial charge in [-0.3, -0.25) is 4.79 Å². The van der Waals surface area contributed by atoms with Gasteiger partial charge in [-0.25, -0.2) is 0 Å². The fourth-order valence-electron chi connectivity index (χ4n) is 1.45. The summed E-state index contributed by atoms with van der Waals surface area (Å²) in [6, 6.07) is 0.343. The number of thioether (sulfide) groups is 1. The molecular weight excluding hydrogens is 212 g/mol. The Morgan fingerprint density at radius 3 is 3.20 bits per heavy atom. The first-order chi connectivity index (χ1) is 7.33. The average molecular weight is 232 g/mol. The molecule has 1 aliphatic rings. The Labute approximate surface area is 95.5 Å². The Hall–Kier alpha value is -0.260. The first kappa shape index (κ1) is 12.8. The van der Waals surface area contributed by atoms with Crippen LogP contribution in [0.1, 0.15) is 13.3 Å². The van der Waals surface area contributed by atoms with Crippen LogP contribution in [-0.4, -0.2) is 49.8 Å². The summed E-state index contributed by atoms with van der Waals surface area (Å²) in [4.78, 5) is 11.5. The molecule has 1 fully saturated rings. The number of carbonyl (C=O) groups excluding carboxylic acids is 1. The highest BCUT2D eigenvalue weighted by atomic mass is 32.2. The number of carbonyl (C=O) groups is 1. The third-order valence-electron chi connectivity index (χ3n) is 2.20. The van der Waals surface area contributed by atoms with E-state index < -0.39 is 0 Å². The van der Waals surface area contributed by atoms with Crippen LogP contribution < -0.4 is 10.6 Å². The molecule has 5 heteroatoms. The van der Waals surface area contributed by atoms with Gasteiger partial charge in [0.05, 0.1) is 6.61 Å². The second-order valence-electron chi connectivity index (χ2n) is 3.48. The smallest absolute Gasteiger partial charge is 0.221 e. The Morgan fingerprint density at radius 2 is 2.53 bits per heavy atom. The van der Waals surface area contributed by atoms with Crippen molar-refractivity contribution in [2.24, 2.45) is 0 Å². The quantitative estimate of drug-likeness (QED) is 0.644. The van der Waals surface area contributed by atoms with E-state index in [-0.39, 0.29) is 5.91 Å². The second-order valence-corrected chi connectivity index (χ2v) is 4.63. The van der Waals surface area contributed by atoms with Crippen LogP contribution in [0.2, 0.25) is 0 Å². The van der Waals surface area contributed by atoms with Crippen molar-refractivity contribution in [2.75, 3.05) is 37.8 Å². The molecule has 0 spiro atoms. The van der Waals surface area contributed by atoms with Crippen molar-refractivity contribution in [1.82, 2.24) is 10.6 Å². The minimum atomic E-state index is 0.120. The minimum absolute atomic E-state index is 0.120. The van der Waals surface area contributed by atoms with Crippen LogP contribution in [0.15, 0.2) is 0 Å². The molecule has 0 radical (unpaired) electrons. The molecule has 0 aliphatic carbocycles. The maximum Gasteiger partial charge on any atom is 0.221 e. The number of rotatable bonds is 6. The maximum absolute atomic E-state index is 11.5. The van der Waals surface area contributed by atoms with Crippen LogP contribution in [-0.2, 0) is 9.53 Å². The van der Waals surface area contributed by atoms with Crippen LogP contribution in [0, 0.1) is 0 Å². The number of amides is 1. The van der Waals surface area contributed by atoms with Crippen molar-refractivity contribution in [1.29, 1.82) is 0 Å². The van der Waals surface area contributed by atoms with Gasteiger partial charge in [0.2, 0.25) is 5.91 Å². The van der Waals surface area contributed by atoms with Gasteiger partial charge in [-0.15, -0.1) is 0 Å². The van der Waals surface area contributed by atoms with E-state index in [0.29, 0.717) is 32.2 Å². The standard InChI is InChI=1S/C10H20N2O2S/c1-2-14-5-3-12-10(13)7-9-8-15-6-4-11-9/h9,11H,2-8H2,1H3,(H,12,13). The molecule has 4 nitrogen and oxygen atoms in total. The van der Waals surface area contributed by atoms with Crippen molar-refractivity contribution in [3.63, 3.8) is 0 Å². The Morgan fingerprint density at radius 1 is 1.67 bits per heavy atom. The Kier molecular flexibility index (Phi) is 6.80. The van der Waals surface area contributed by atoms with Crippen LogP contribution in [0.3, 0.4) is 0 Å². The van der Waals surface area contributed by atoms with E-state index in [1.54, 1.807) is 0 Å². The molecule has 0 aromatic carbocycles. The highest BCUT2D eigenvalue weighted by Gasteiger charge is 2.15. The van der Waals surface area contributed by atoms with E-state index in [0.717, 1.165) is 18.1 Å². The SMILES string of the molecule is CCOCCNC(=O)CC1CSCCN1. The van der Waals surface area contributed by atoms with Gasteiger partial charge in [0.25, 0.3) is 0 Å². The molecule has 1 unspecified atom stereocenters. The van der Waals surface area contributed by atoms with Crippen LogP contribution in [0.4, 0.5) is 0 Å². The van der Waals surface area contributed by atoms with Crippen LogP contribution in [0.25, 0.3) is 0 Å². The van der Waals surface area contributed by atoms with Gasteiger partial charge < -0.3 is 15.4 Å². The molecule has 15 heavy (non-hydrogen) atoms. The summed E-state index contributed by atoms with van der Waals surface area (Å²) in [5.74, 6) is 2.32. The molecule has 0 aromatic heterocycles. The summed E-state index contributed by atoms with van der Waals surface area (Å²) < 4.78 is 5.14. The van der Waals surface area contributed by atoms with Gasteiger partial charge in [-0.05, 0) is 6.92 Å². The number of nitrogens with one attached hydrogen (secondary N) is 2. The summed E-state index contributed by atoms with van der Waals surface area (Å²) >= 11 is 1.91. The summed E-state index contributed by atoms with van der Waals surface area (Å²) in [6.45, 7) is 4.89. The molecule has 1 aliphatic heterocycles. The molecule has 0 bridgehead atoms. The van der Waals surface area contributed by atoms with Crippen molar-refractivity contribution >= 4 is 17.7 Å². The number of ether oxygens (including phenoxy) is 1. The molecule has 1 rings (SSSR count). The lowest BCUT2D eigenvalue weighted by Crippen LogP contribution is -2.41. The highest BCUT2D eigenvalue weighted by Crippen LogP contribution is 2.09. The van der Waals surface area contributed by atoms with E-state index in [9.17, 15) is 4.79 Å². The predicted molar refractivity (Wildman–Crippen MR) is 63.2 cm³/mol. The third kappa shape index (κ3) is 6.02. The summed E-state index contributed by atoms with van der Waals surface area (Å²) in [5, 5.41) is 6.19. The van der Waals surface area contributed by atoms with Gasteiger partial charge in [-0.2, -0.15) is 11.8 Å². The van der Waals surface area contributed by atoms with Crippen molar-refractivity contribution in [3.8, 4) is 0 Å². The van der Waals surface area contributed by atoms with Gasteiger partial charge in [0, 0.05) is 43.7 Å². The van der Waals surface area contributed by atoms with Crippen molar-refractivity contribution < 1.29 is 9.53 Å². The van der Waals surface area contributed by atoms with Crippen molar-refractivity contribution in [3.05, 3.63) is 0 Å². The zero-order chi connectivity index (χ0) is 10.9. The van der Waals surface area contributed by atoms with E-state index in [1.807, 2.05) is 18.7 Å². The number of hydrogen-bond donors (Lipinski definition) is 2. The zero-order valence-electron chi connectivity index (χ0n) is 9.25. The molecule has 1 heterocycles. The van der Waals surface area contributed by atoms with Gasteiger partial charge in [0.15, 0.2) is 0 Å². The molecular formula is C10H20N2O2S. The Balaban J connectivity index is 2.01. The fraction of sp³-hybridized carbons (Fsp3) is 0.900. The maximum atomic E-state index is 11.5. The van der Waals surface area contributed by atoms with E-state index in [4.69, 9.17) is 4.74 Å². The average Bonchev–Trinajstić information content (AvgIpc) is 2.26. The lowest BCUT2D eigenvalue weighted by Gasteiger charge is -2.22. The molecule has 88 valence electrons. The molecule has 0 saturated carbocycles. The normalized spacial score (nSPS) is 21.3. The molecule has 1 saturated heterocycles. The van der Waals surface area contributed by atoms with E-state index in [1.165, 1.54) is 0 Å². The topological polar surface area (TPSA) is 50.4 Å². The summed E-state index contributed by atoms with van der Waals surface area (Å²) in [5.41, 5.74) is 0. The van der Waals surface area contributed by atoms with Gasteiger partial charge in [0.1, 0.15) is 0 Å². The second kappa shape index (κ2) is 7.96. The van der Waals surface area contributed by atoms with Gasteiger partial charge >= 0.3 is 0 Å². The predicted octanol–water partition coefficient (Wildman–Crippen LogP) is 0.234.